The highest BCUT2D eigenvalue weighted by atomic mass is 16.5. The summed E-state index contributed by atoms with van der Waals surface area (Å²) >= 11 is 0. The fourth-order valence-corrected chi connectivity index (χ4v) is 0.247. The van der Waals surface area contributed by atoms with Crippen molar-refractivity contribution >= 4 is 0 Å². The number of nitrogens with zero attached hydrogens (tertiary/aromatic N) is 1. The van der Waals surface area contributed by atoms with Gasteiger partial charge in [-0.05, 0) is 6.92 Å². The van der Waals surface area contributed by atoms with E-state index in [1.54, 1.807) is 0 Å². The maximum Gasteiger partial charge on any atom is 0.112 e. The van der Waals surface area contributed by atoms with Crippen LogP contribution in [0.15, 0.2) is 0 Å². The average molecular weight is 102 g/mol. The van der Waals surface area contributed by atoms with E-state index in [0.29, 0.717) is 6.73 Å². The van der Waals surface area contributed by atoms with Crippen molar-refractivity contribution in [3.8, 4) is 0 Å². The number of hydrogen-bond donors (Lipinski definition) is 0. The zero-order valence-electron chi connectivity index (χ0n) is 4.98. The largest absolute Gasteiger partial charge is 0.365 e. The van der Waals surface area contributed by atoms with E-state index >= 15 is 0 Å². The third-order valence-electron chi connectivity index (χ3n) is 0.610. The Morgan fingerprint density at radius 1 is 1.43 bits per heavy atom. The van der Waals surface area contributed by atoms with Crippen LogP contribution in [0.25, 0.3) is 0 Å². The summed E-state index contributed by atoms with van der Waals surface area (Å²) < 4.78 is 4.91. The highest BCUT2D eigenvalue weighted by Crippen LogP contribution is 1.67. The molecule has 1 radical (unpaired) electrons. The summed E-state index contributed by atoms with van der Waals surface area (Å²) in [4.78, 5) is 0. The van der Waals surface area contributed by atoms with Crippen LogP contribution in [0.2, 0.25) is 0 Å². The maximum atomic E-state index is 4.91. The average Bonchev–Trinajstić information content (AvgIpc) is 1.69. The fourth-order valence-electron chi connectivity index (χ4n) is 0.247. The van der Waals surface area contributed by atoms with Crippen LogP contribution < -0.4 is 5.32 Å². The van der Waals surface area contributed by atoms with E-state index in [4.69, 9.17) is 4.74 Å². The number of hydrogen-bond acceptors (Lipinski definition) is 1. The first-order chi connectivity index (χ1) is 3.41. The van der Waals surface area contributed by atoms with Crippen LogP contribution in [-0.2, 0) is 4.74 Å². The molecular weight excluding hydrogens is 90.1 g/mol. The first kappa shape index (κ1) is 6.92. The van der Waals surface area contributed by atoms with Crippen molar-refractivity contribution < 1.29 is 4.74 Å². The lowest BCUT2D eigenvalue weighted by Gasteiger charge is -1.95. The molecule has 0 aliphatic rings. The molecule has 0 rings (SSSR count). The lowest BCUT2D eigenvalue weighted by Crippen LogP contribution is -2.08. The topological polar surface area (TPSA) is 23.3 Å². The smallest absolute Gasteiger partial charge is 0.112 e. The molecule has 0 aromatic rings. The van der Waals surface area contributed by atoms with Gasteiger partial charge in [0.05, 0.1) is 0 Å². The molecule has 0 aliphatic heterocycles. The van der Waals surface area contributed by atoms with Crippen LogP contribution in [0, 0.1) is 0 Å². The standard InChI is InChI=1S/C5H12NO/c1-3-6-5-7-4-2/h3-5H2,1-2H3. The van der Waals surface area contributed by atoms with Gasteiger partial charge in [-0.15, -0.1) is 0 Å². The van der Waals surface area contributed by atoms with Crippen molar-refractivity contribution in [2.24, 2.45) is 0 Å². The van der Waals surface area contributed by atoms with Crippen molar-refractivity contribution in [2.75, 3.05) is 19.9 Å². The van der Waals surface area contributed by atoms with Crippen LogP contribution in [0.1, 0.15) is 13.8 Å². The van der Waals surface area contributed by atoms with E-state index in [1.165, 1.54) is 0 Å². The molecule has 7 heavy (non-hydrogen) atoms. The fraction of sp³-hybridized carbons (Fsp3) is 1.00. The monoisotopic (exact) mass is 102 g/mol. The second-order valence-corrected chi connectivity index (χ2v) is 1.16. The molecule has 0 heterocycles. The third kappa shape index (κ3) is 5.92. The molecular formula is C5H12NO. The second-order valence-electron chi connectivity index (χ2n) is 1.16. The Labute approximate surface area is 44.9 Å². The Bertz CT molecular complexity index is 27.3. The molecule has 0 saturated heterocycles. The molecule has 0 N–H and O–H groups in total. The first-order valence-electron chi connectivity index (χ1n) is 2.62. The summed E-state index contributed by atoms with van der Waals surface area (Å²) in [5, 5.41) is 3.94. The minimum absolute atomic E-state index is 0.562. The van der Waals surface area contributed by atoms with Crippen molar-refractivity contribution in [1.29, 1.82) is 0 Å². The number of rotatable bonds is 4. The molecule has 2 nitrogen and oxygen atoms in total. The van der Waals surface area contributed by atoms with Crippen LogP contribution in [-0.4, -0.2) is 19.9 Å². The van der Waals surface area contributed by atoms with Gasteiger partial charge in [-0.3, -0.25) is 0 Å². The van der Waals surface area contributed by atoms with Crippen LogP contribution in [0.5, 0.6) is 0 Å². The van der Waals surface area contributed by atoms with Gasteiger partial charge in [0.25, 0.3) is 0 Å². The minimum Gasteiger partial charge on any atom is -0.365 e. The van der Waals surface area contributed by atoms with Crippen molar-refractivity contribution in [3.05, 3.63) is 0 Å². The Kier molecular flexibility index (Phi) is 5.85. The van der Waals surface area contributed by atoms with E-state index in [2.05, 4.69) is 5.32 Å². The molecule has 0 saturated carbocycles. The van der Waals surface area contributed by atoms with Crippen molar-refractivity contribution in [2.45, 2.75) is 13.8 Å². The lowest BCUT2D eigenvalue weighted by molar-refractivity contribution is 0.128. The molecule has 0 bridgehead atoms. The van der Waals surface area contributed by atoms with E-state index in [9.17, 15) is 0 Å². The number of ether oxygens (including phenoxy) is 1. The summed E-state index contributed by atoms with van der Waals surface area (Å²) in [6.45, 7) is 6.15. The highest BCUT2D eigenvalue weighted by molar-refractivity contribution is 4.24. The molecule has 0 fully saturated rings. The zero-order valence-corrected chi connectivity index (χ0v) is 4.98. The second kappa shape index (κ2) is 5.92. The van der Waals surface area contributed by atoms with Gasteiger partial charge in [-0.2, -0.15) is 0 Å². The van der Waals surface area contributed by atoms with E-state index in [0.717, 1.165) is 13.2 Å². The first-order valence-corrected chi connectivity index (χ1v) is 2.62. The molecule has 0 amide bonds. The van der Waals surface area contributed by atoms with Gasteiger partial charge >= 0.3 is 0 Å². The predicted molar refractivity (Wildman–Crippen MR) is 29.2 cm³/mol. The van der Waals surface area contributed by atoms with Gasteiger partial charge in [0.15, 0.2) is 0 Å². The van der Waals surface area contributed by atoms with Crippen LogP contribution in [0.4, 0.5) is 0 Å². The molecule has 0 aromatic carbocycles. The summed E-state index contributed by atoms with van der Waals surface area (Å²) in [6.07, 6.45) is 0. The van der Waals surface area contributed by atoms with E-state index in [-0.39, 0.29) is 0 Å². The Balaban J connectivity index is 2.45. The molecule has 0 aliphatic carbocycles. The lowest BCUT2D eigenvalue weighted by atomic mass is 10.8. The zero-order chi connectivity index (χ0) is 5.54. The molecule has 0 spiro atoms. The van der Waals surface area contributed by atoms with E-state index < -0.39 is 0 Å². The maximum absolute atomic E-state index is 4.91. The SMILES string of the molecule is CC[N]COCC. The molecule has 2 heteroatoms. The Morgan fingerprint density at radius 3 is 2.57 bits per heavy atom. The highest BCUT2D eigenvalue weighted by Gasteiger charge is 1.77. The van der Waals surface area contributed by atoms with E-state index in [1.807, 2.05) is 13.8 Å². The third-order valence-corrected chi connectivity index (χ3v) is 0.610. The van der Waals surface area contributed by atoms with Gasteiger partial charge in [-0.1, -0.05) is 6.92 Å². The summed E-state index contributed by atoms with van der Waals surface area (Å²) in [6, 6.07) is 0. The van der Waals surface area contributed by atoms with Crippen LogP contribution >= 0.6 is 0 Å². The molecule has 43 valence electrons. The summed E-state index contributed by atoms with van der Waals surface area (Å²) in [7, 11) is 0. The summed E-state index contributed by atoms with van der Waals surface area (Å²) in [5.74, 6) is 0. The van der Waals surface area contributed by atoms with Gasteiger partial charge in [0.2, 0.25) is 0 Å². The van der Waals surface area contributed by atoms with Gasteiger partial charge < -0.3 is 4.74 Å². The normalized spacial score (nSPS) is 9.43. The Morgan fingerprint density at radius 2 is 2.14 bits per heavy atom. The molecule has 0 atom stereocenters. The van der Waals surface area contributed by atoms with Gasteiger partial charge in [-0.25, -0.2) is 5.32 Å². The van der Waals surface area contributed by atoms with Gasteiger partial charge in [0.1, 0.15) is 6.73 Å². The van der Waals surface area contributed by atoms with Crippen molar-refractivity contribution in [3.63, 3.8) is 0 Å². The quantitative estimate of drug-likeness (QED) is 0.477. The van der Waals surface area contributed by atoms with Crippen LogP contribution in [0.3, 0.4) is 0 Å². The minimum atomic E-state index is 0.562. The Hall–Kier alpha value is -0.0800. The molecule has 0 aromatic heterocycles. The van der Waals surface area contributed by atoms with Gasteiger partial charge in [0, 0.05) is 13.2 Å². The molecule has 0 unspecified atom stereocenters. The van der Waals surface area contributed by atoms with Crippen molar-refractivity contribution in [1.82, 2.24) is 5.32 Å². The summed E-state index contributed by atoms with van der Waals surface area (Å²) in [5.41, 5.74) is 0. The predicted octanol–water partition coefficient (Wildman–Crippen LogP) is 0.605.